The maximum absolute atomic E-state index is 13.0. The minimum Gasteiger partial charge on any atom is -0.378 e. The average Bonchev–Trinajstić information content (AvgIpc) is 3.04. The van der Waals surface area contributed by atoms with Crippen molar-refractivity contribution in [1.29, 1.82) is 0 Å². The average molecular weight is 429 g/mol. The molecule has 1 aliphatic rings. The van der Waals surface area contributed by atoms with E-state index in [2.05, 4.69) is 4.72 Å². The molecule has 10 heteroatoms. The number of nitrogens with one attached hydrogen (secondary N) is 1. The topological polar surface area (TPSA) is 61.9 Å². The summed E-state index contributed by atoms with van der Waals surface area (Å²) in [6.45, 7) is -0.104. The van der Waals surface area contributed by atoms with Gasteiger partial charge < -0.3 is 4.90 Å². The molecular weight excluding hydrogens is 407 g/mol. The number of hydrogen-bond acceptors (Lipinski definition) is 5. The normalized spacial score (nSPS) is 20.6. The number of halogens is 3. The third kappa shape index (κ3) is 4.65. The van der Waals surface area contributed by atoms with Crippen molar-refractivity contribution in [1.82, 2.24) is 5.06 Å². The van der Waals surface area contributed by atoms with Gasteiger partial charge in [-0.15, -0.1) is 0 Å². The van der Waals surface area contributed by atoms with Gasteiger partial charge in [-0.1, -0.05) is 12.1 Å². The number of hydroxylamine groups is 2. The van der Waals surface area contributed by atoms with Crippen molar-refractivity contribution < 1.29 is 26.4 Å². The van der Waals surface area contributed by atoms with Gasteiger partial charge in [-0.05, 0) is 42.0 Å². The van der Waals surface area contributed by atoms with Crippen molar-refractivity contribution in [2.45, 2.75) is 17.5 Å². The van der Waals surface area contributed by atoms with Crippen molar-refractivity contribution in [2.24, 2.45) is 0 Å². The number of nitrogens with zero attached hydrogens (tertiary/aromatic N) is 2. The molecule has 2 aromatic rings. The summed E-state index contributed by atoms with van der Waals surface area (Å²) in [4.78, 5) is 7.28. The lowest BCUT2D eigenvalue weighted by Gasteiger charge is -2.24. The Kier molecular flexibility index (Phi) is 5.79. The van der Waals surface area contributed by atoms with Crippen LogP contribution in [0.4, 0.5) is 24.5 Å². The molecule has 1 aliphatic heterocycles. The number of anilines is 2. The SMILES string of the molecule is CN(C)c1ccc(NS(=O)(=O)[C@@H]2CON(C)[C@H]2c2ccc(C(F)(F)F)cc2)cc1. The highest BCUT2D eigenvalue weighted by Crippen LogP contribution is 2.36. The van der Waals surface area contributed by atoms with E-state index in [1.54, 1.807) is 31.3 Å². The van der Waals surface area contributed by atoms with Gasteiger partial charge in [-0.2, -0.15) is 18.2 Å². The zero-order valence-corrected chi connectivity index (χ0v) is 17.0. The summed E-state index contributed by atoms with van der Waals surface area (Å²) in [5, 5.41) is 0.375. The Morgan fingerprint density at radius 1 is 1.07 bits per heavy atom. The molecule has 0 aromatic heterocycles. The maximum atomic E-state index is 13.0. The van der Waals surface area contributed by atoms with Crippen LogP contribution in [0.2, 0.25) is 0 Å². The quantitative estimate of drug-likeness (QED) is 0.788. The number of rotatable bonds is 5. The molecule has 6 nitrogen and oxygen atoms in total. The van der Waals surface area contributed by atoms with Gasteiger partial charge in [-0.3, -0.25) is 9.56 Å². The summed E-state index contributed by atoms with van der Waals surface area (Å²) in [5.74, 6) is 0. The maximum Gasteiger partial charge on any atom is 0.416 e. The van der Waals surface area contributed by atoms with E-state index in [1.807, 2.05) is 19.0 Å². The molecule has 0 aliphatic carbocycles. The first-order valence-electron chi connectivity index (χ1n) is 8.81. The third-order valence-electron chi connectivity index (χ3n) is 4.81. The summed E-state index contributed by atoms with van der Waals surface area (Å²) < 4.78 is 66.9. The number of sulfonamides is 1. The molecule has 0 bridgehead atoms. The van der Waals surface area contributed by atoms with Gasteiger partial charge in [0.2, 0.25) is 10.0 Å². The molecule has 0 unspecified atom stereocenters. The predicted molar refractivity (Wildman–Crippen MR) is 105 cm³/mol. The summed E-state index contributed by atoms with van der Waals surface area (Å²) in [5.41, 5.74) is 0.952. The summed E-state index contributed by atoms with van der Waals surface area (Å²) in [6.07, 6.45) is -4.46. The molecule has 0 amide bonds. The summed E-state index contributed by atoms with van der Waals surface area (Å²) in [6, 6.07) is 10.6. The van der Waals surface area contributed by atoms with Crippen molar-refractivity contribution in [3.63, 3.8) is 0 Å². The Morgan fingerprint density at radius 3 is 2.17 bits per heavy atom. The van der Waals surface area contributed by atoms with Crippen LogP contribution in [0.15, 0.2) is 48.5 Å². The second-order valence-corrected chi connectivity index (χ2v) is 8.93. The molecule has 29 heavy (non-hydrogen) atoms. The molecule has 0 spiro atoms. The molecule has 1 N–H and O–H groups in total. The minimum absolute atomic E-state index is 0.104. The summed E-state index contributed by atoms with van der Waals surface area (Å²) >= 11 is 0. The van der Waals surface area contributed by atoms with E-state index < -0.39 is 33.1 Å². The molecule has 158 valence electrons. The number of alkyl halides is 3. The Labute approximate surface area is 167 Å². The minimum atomic E-state index is -4.46. The van der Waals surface area contributed by atoms with Crippen molar-refractivity contribution in [2.75, 3.05) is 37.4 Å². The molecule has 2 aromatic carbocycles. The smallest absolute Gasteiger partial charge is 0.378 e. The highest BCUT2D eigenvalue weighted by molar-refractivity contribution is 7.93. The fourth-order valence-electron chi connectivity index (χ4n) is 3.22. The van der Waals surface area contributed by atoms with Gasteiger partial charge in [0.05, 0.1) is 18.2 Å². The molecule has 2 atom stereocenters. The van der Waals surface area contributed by atoms with Gasteiger partial charge in [0.1, 0.15) is 5.25 Å². The van der Waals surface area contributed by atoms with E-state index in [4.69, 9.17) is 4.84 Å². The lowest BCUT2D eigenvalue weighted by molar-refractivity contribution is -0.137. The molecule has 1 heterocycles. The Balaban J connectivity index is 1.84. The monoisotopic (exact) mass is 429 g/mol. The van der Waals surface area contributed by atoms with Crippen LogP contribution >= 0.6 is 0 Å². The number of benzene rings is 2. The Bertz CT molecular complexity index is 945. The largest absolute Gasteiger partial charge is 0.416 e. The van der Waals surface area contributed by atoms with Crippen LogP contribution in [0.3, 0.4) is 0 Å². The Hall–Kier alpha value is -2.30. The van der Waals surface area contributed by atoms with Crippen LogP contribution in [-0.2, 0) is 21.0 Å². The van der Waals surface area contributed by atoms with Crippen LogP contribution in [0.1, 0.15) is 17.2 Å². The molecule has 3 rings (SSSR count). The van der Waals surface area contributed by atoms with E-state index in [-0.39, 0.29) is 6.61 Å². The predicted octanol–water partition coefficient (Wildman–Crippen LogP) is 3.50. The first-order chi connectivity index (χ1) is 13.5. The molecule has 1 saturated heterocycles. The first kappa shape index (κ1) is 21.4. The van der Waals surface area contributed by atoms with Crippen LogP contribution in [-0.4, -0.2) is 46.5 Å². The van der Waals surface area contributed by atoms with Crippen molar-refractivity contribution in [3.05, 3.63) is 59.7 Å². The van der Waals surface area contributed by atoms with E-state index in [0.717, 1.165) is 17.8 Å². The van der Waals surface area contributed by atoms with Crippen LogP contribution < -0.4 is 9.62 Å². The molecule has 0 radical (unpaired) electrons. The van der Waals surface area contributed by atoms with Crippen LogP contribution in [0, 0.1) is 0 Å². The lowest BCUT2D eigenvalue weighted by atomic mass is 10.0. The van der Waals surface area contributed by atoms with Crippen LogP contribution in [0.25, 0.3) is 0 Å². The van der Waals surface area contributed by atoms with E-state index in [1.165, 1.54) is 17.2 Å². The van der Waals surface area contributed by atoms with E-state index in [9.17, 15) is 21.6 Å². The summed E-state index contributed by atoms with van der Waals surface area (Å²) in [7, 11) is 1.44. The zero-order chi connectivity index (χ0) is 21.4. The highest BCUT2D eigenvalue weighted by Gasteiger charge is 2.43. The first-order valence-corrected chi connectivity index (χ1v) is 10.4. The van der Waals surface area contributed by atoms with Gasteiger partial charge in [0.15, 0.2) is 0 Å². The molecule has 0 saturated carbocycles. The fraction of sp³-hybridized carbons (Fsp3) is 0.368. The highest BCUT2D eigenvalue weighted by atomic mass is 32.2. The standard InChI is InChI=1S/C19H22F3N3O3S/c1-24(2)16-10-8-15(9-11-16)23-29(26,27)17-12-28-25(3)18(17)13-4-6-14(7-5-13)19(20,21)22/h4-11,17-18,23H,12H2,1-3H3/t17-,18+/m1/s1. The number of hydrogen-bond donors (Lipinski definition) is 1. The van der Waals surface area contributed by atoms with Crippen molar-refractivity contribution in [3.8, 4) is 0 Å². The van der Waals surface area contributed by atoms with E-state index in [0.29, 0.717) is 11.3 Å². The lowest BCUT2D eigenvalue weighted by Crippen LogP contribution is -2.35. The van der Waals surface area contributed by atoms with Gasteiger partial charge in [-0.25, -0.2) is 8.42 Å². The second kappa shape index (κ2) is 7.85. The molecule has 1 fully saturated rings. The van der Waals surface area contributed by atoms with Crippen LogP contribution in [0.5, 0.6) is 0 Å². The zero-order valence-electron chi connectivity index (χ0n) is 16.1. The third-order valence-corrected chi connectivity index (χ3v) is 6.52. The fourth-order valence-corrected chi connectivity index (χ4v) is 4.74. The molecular formula is C19H22F3N3O3S. The van der Waals surface area contributed by atoms with Crippen molar-refractivity contribution >= 4 is 21.4 Å². The second-order valence-electron chi connectivity index (χ2n) is 7.03. The Morgan fingerprint density at radius 2 is 1.66 bits per heavy atom. The van der Waals surface area contributed by atoms with Gasteiger partial charge in [0.25, 0.3) is 0 Å². The van der Waals surface area contributed by atoms with Gasteiger partial charge in [0, 0.05) is 32.5 Å². The van der Waals surface area contributed by atoms with E-state index >= 15 is 0 Å². The van der Waals surface area contributed by atoms with Gasteiger partial charge >= 0.3 is 6.18 Å².